The maximum absolute atomic E-state index is 5.96. The van der Waals surface area contributed by atoms with E-state index in [0.29, 0.717) is 18.2 Å². The van der Waals surface area contributed by atoms with Crippen LogP contribution in [0.2, 0.25) is 0 Å². The average molecular weight is 281 g/mol. The molecule has 0 bridgehead atoms. The maximum Gasteiger partial charge on any atom is 0.0898 e. The molecule has 1 N–H and O–H groups in total. The van der Waals surface area contributed by atoms with Gasteiger partial charge in [0.2, 0.25) is 0 Å². The summed E-state index contributed by atoms with van der Waals surface area (Å²) in [6, 6.07) is 1.000. The number of nitrogens with zero attached hydrogens (tertiary/aromatic N) is 2. The van der Waals surface area contributed by atoms with E-state index in [4.69, 9.17) is 4.74 Å². The monoisotopic (exact) mass is 281 g/mol. The van der Waals surface area contributed by atoms with E-state index < -0.39 is 0 Å². The molecule has 1 aromatic heterocycles. The van der Waals surface area contributed by atoms with Crippen LogP contribution >= 0.6 is 11.3 Å². The minimum Gasteiger partial charge on any atom is -0.374 e. The molecule has 5 heteroatoms. The minimum absolute atomic E-state index is 0.310. The van der Waals surface area contributed by atoms with E-state index in [1.54, 1.807) is 11.3 Å². The number of hydrogen-bond acceptors (Lipinski definition) is 5. The molecular weight excluding hydrogens is 258 g/mol. The Morgan fingerprint density at radius 2 is 2.53 bits per heavy atom. The van der Waals surface area contributed by atoms with Crippen molar-refractivity contribution in [3.05, 3.63) is 16.1 Å². The molecule has 3 unspecified atom stereocenters. The van der Waals surface area contributed by atoms with Gasteiger partial charge in [0.05, 0.1) is 23.4 Å². The predicted molar refractivity (Wildman–Crippen MR) is 77.6 cm³/mol. The maximum atomic E-state index is 5.96. The SMILES string of the molecule is Cc1nc(C(C)NCC2CN3CCCC3CO2)cs1. The van der Waals surface area contributed by atoms with Gasteiger partial charge in [0.1, 0.15) is 0 Å². The van der Waals surface area contributed by atoms with Crippen molar-refractivity contribution in [1.82, 2.24) is 15.2 Å². The number of nitrogens with one attached hydrogen (secondary N) is 1. The molecule has 0 aromatic carbocycles. The number of hydrogen-bond donors (Lipinski definition) is 1. The molecule has 2 saturated heterocycles. The van der Waals surface area contributed by atoms with Crippen LogP contribution in [0.15, 0.2) is 5.38 Å². The first-order chi connectivity index (χ1) is 9.22. The van der Waals surface area contributed by atoms with Gasteiger partial charge in [-0.05, 0) is 33.2 Å². The molecule has 3 atom stereocenters. The second-order valence-corrected chi connectivity index (χ2v) is 6.73. The Hall–Kier alpha value is -0.490. The fraction of sp³-hybridized carbons (Fsp3) is 0.786. The normalized spacial score (nSPS) is 29.4. The number of morpholine rings is 1. The van der Waals surface area contributed by atoms with Crippen LogP contribution in [-0.2, 0) is 4.74 Å². The van der Waals surface area contributed by atoms with Gasteiger partial charge in [-0.3, -0.25) is 4.90 Å². The van der Waals surface area contributed by atoms with E-state index in [9.17, 15) is 0 Å². The first-order valence-corrected chi connectivity index (χ1v) is 8.11. The van der Waals surface area contributed by atoms with E-state index >= 15 is 0 Å². The smallest absolute Gasteiger partial charge is 0.0898 e. The highest BCUT2D eigenvalue weighted by Gasteiger charge is 2.32. The lowest BCUT2D eigenvalue weighted by molar-refractivity contribution is -0.0477. The Balaban J connectivity index is 1.47. The van der Waals surface area contributed by atoms with E-state index in [-0.39, 0.29) is 0 Å². The second-order valence-electron chi connectivity index (χ2n) is 5.67. The first-order valence-electron chi connectivity index (χ1n) is 7.23. The van der Waals surface area contributed by atoms with Crippen molar-refractivity contribution in [2.75, 3.05) is 26.2 Å². The molecule has 2 fully saturated rings. The van der Waals surface area contributed by atoms with Crippen LogP contribution in [0, 0.1) is 6.92 Å². The molecule has 106 valence electrons. The van der Waals surface area contributed by atoms with Crippen LogP contribution in [-0.4, -0.2) is 48.3 Å². The Labute approximate surface area is 119 Å². The first kappa shape index (κ1) is 13.5. The Morgan fingerprint density at radius 1 is 1.63 bits per heavy atom. The largest absolute Gasteiger partial charge is 0.374 e. The van der Waals surface area contributed by atoms with Gasteiger partial charge in [-0.25, -0.2) is 4.98 Å². The summed E-state index contributed by atoms with van der Waals surface area (Å²) in [6.07, 6.45) is 2.98. The number of rotatable bonds is 4. The van der Waals surface area contributed by atoms with Gasteiger partial charge in [0, 0.05) is 30.6 Å². The zero-order valence-electron chi connectivity index (χ0n) is 11.8. The predicted octanol–water partition coefficient (Wildman–Crippen LogP) is 1.97. The molecule has 2 aliphatic heterocycles. The fourth-order valence-electron chi connectivity index (χ4n) is 3.00. The Bertz CT molecular complexity index is 423. The average Bonchev–Trinajstić information content (AvgIpc) is 3.03. The zero-order valence-corrected chi connectivity index (χ0v) is 12.6. The van der Waals surface area contributed by atoms with Crippen molar-refractivity contribution in [2.24, 2.45) is 0 Å². The summed E-state index contributed by atoms with van der Waals surface area (Å²) in [7, 11) is 0. The molecule has 19 heavy (non-hydrogen) atoms. The number of thiazole rings is 1. The quantitative estimate of drug-likeness (QED) is 0.915. The van der Waals surface area contributed by atoms with E-state index in [1.165, 1.54) is 19.4 Å². The molecule has 0 aliphatic carbocycles. The standard InChI is InChI=1S/C14H23N3OS/c1-10(14-9-19-11(2)16-14)15-6-13-7-17-5-3-4-12(17)8-18-13/h9-10,12-13,15H,3-8H2,1-2H3. The molecule has 0 amide bonds. The van der Waals surface area contributed by atoms with Gasteiger partial charge in [-0.1, -0.05) is 0 Å². The number of aryl methyl sites for hydroxylation is 1. The lowest BCUT2D eigenvalue weighted by Gasteiger charge is -2.35. The van der Waals surface area contributed by atoms with Crippen LogP contribution in [0.4, 0.5) is 0 Å². The Morgan fingerprint density at radius 3 is 3.32 bits per heavy atom. The topological polar surface area (TPSA) is 37.4 Å². The van der Waals surface area contributed by atoms with Gasteiger partial charge in [0.25, 0.3) is 0 Å². The van der Waals surface area contributed by atoms with Gasteiger partial charge in [-0.15, -0.1) is 11.3 Å². The van der Waals surface area contributed by atoms with Crippen molar-refractivity contribution >= 4 is 11.3 Å². The van der Waals surface area contributed by atoms with Crippen LogP contribution in [0.25, 0.3) is 0 Å². The van der Waals surface area contributed by atoms with Crippen molar-refractivity contribution < 1.29 is 4.74 Å². The lowest BCUT2D eigenvalue weighted by atomic mass is 10.2. The molecule has 0 spiro atoms. The molecule has 0 radical (unpaired) electrons. The van der Waals surface area contributed by atoms with E-state index in [1.807, 2.05) is 0 Å². The highest BCUT2D eigenvalue weighted by atomic mass is 32.1. The van der Waals surface area contributed by atoms with Crippen LogP contribution in [0.5, 0.6) is 0 Å². The summed E-state index contributed by atoms with van der Waals surface area (Å²) in [5, 5.41) is 6.83. The summed E-state index contributed by atoms with van der Waals surface area (Å²) in [6.45, 7) is 8.40. The van der Waals surface area contributed by atoms with Gasteiger partial charge in [-0.2, -0.15) is 0 Å². The van der Waals surface area contributed by atoms with Crippen molar-refractivity contribution in [3.63, 3.8) is 0 Å². The zero-order chi connectivity index (χ0) is 13.2. The van der Waals surface area contributed by atoms with Crippen LogP contribution < -0.4 is 5.32 Å². The molecule has 3 heterocycles. The second kappa shape index (κ2) is 5.87. The minimum atomic E-state index is 0.310. The molecule has 4 nitrogen and oxygen atoms in total. The molecule has 1 aromatic rings. The molecule has 3 rings (SSSR count). The number of ether oxygens (including phenoxy) is 1. The third-order valence-corrected chi connectivity index (χ3v) is 4.99. The van der Waals surface area contributed by atoms with Gasteiger partial charge >= 0.3 is 0 Å². The highest BCUT2D eigenvalue weighted by Crippen LogP contribution is 2.23. The third-order valence-electron chi connectivity index (χ3n) is 4.19. The van der Waals surface area contributed by atoms with Crippen LogP contribution in [0.1, 0.15) is 36.5 Å². The van der Waals surface area contributed by atoms with E-state index in [0.717, 1.165) is 30.4 Å². The van der Waals surface area contributed by atoms with Crippen molar-refractivity contribution in [2.45, 2.75) is 44.9 Å². The van der Waals surface area contributed by atoms with Crippen molar-refractivity contribution in [1.29, 1.82) is 0 Å². The third kappa shape index (κ3) is 3.16. The summed E-state index contributed by atoms with van der Waals surface area (Å²) in [4.78, 5) is 7.12. The lowest BCUT2D eigenvalue weighted by Crippen LogP contribution is -2.49. The van der Waals surface area contributed by atoms with Gasteiger partial charge in [0.15, 0.2) is 0 Å². The summed E-state index contributed by atoms with van der Waals surface area (Å²) < 4.78 is 5.96. The van der Waals surface area contributed by atoms with Crippen LogP contribution in [0.3, 0.4) is 0 Å². The molecule has 2 aliphatic rings. The number of fused-ring (bicyclic) bond motifs is 1. The van der Waals surface area contributed by atoms with E-state index in [2.05, 4.69) is 34.4 Å². The molecular formula is C14H23N3OS. The van der Waals surface area contributed by atoms with Gasteiger partial charge < -0.3 is 10.1 Å². The fourth-order valence-corrected chi connectivity index (χ4v) is 3.71. The summed E-state index contributed by atoms with van der Waals surface area (Å²) in [5.41, 5.74) is 1.15. The molecule has 0 saturated carbocycles. The number of aromatic nitrogens is 1. The van der Waals surface area contributed by atoms with Crippen molar-refractivity contribution in [3.8, 4) is 0 Å². The summed E-state index contributed by atoms with van der Waals surface area (Å²) >= 11 is 1.72. The summed E-state index contributed by atoms with van der Waals surface area (Å²) in [5.74, 6) is 0. The highest BCUT2D eigenvalue weighted by molar-refractivity contribution is 7.09. The Kier molecular flexibility index (Phi) is 4.17.